The SMILES string of the molecule is CCN(CC)C(=O)C1CCC1C(O)c1ccccc1. The molecule has 0 heterocycles. The highest BCUT2D eigenvalue weighted by Crippen LogP contribution is 2.43. The predicted octanol–water partition coefficient (Wildman–Crippen LogP) is 2.61. The lowest BCUT2D eigenvalue weighted by Crippen LogP contribution is -2.45. The van der Waals surface area contributed by atoms with Crippen molar-refractivity contribution in [2.75, 3.05) is 13.1 Å². The summed E-state index contributed by atoms with van der Waals surface area (Å²) in [6, 6.07) is 9.66. The average molecular weight is 261 g/mol. The molecule has 3 atom stereocenters. The van der Waals surface area contributed by atoms with E-state index in [-0.39, 0.29) is 17.7 Å². The number of amides is 1. The van der Waals surface area contributed by atoms with Gasteiger partial charge in [0.2, 0.25) is 5.91 Å². The third-order valence-corrected chi connectivity index (χ3v) is 4.27. The third kappa shape index (κ3) is 2.81. The van der Waals surface area contributed by atoms with E-state index in [1.807, 2.05) is 49.1 Å². The lowest BCUT2D eigenvalue weighted by atomic mass is 9.68. The van der Waals surface area contributed by atoms with E-state index in [1.54, 1.807) is 0 Å². The molecule has 1 saturated carbocycles. The van der Waals surface area contributed by atoms with E-state index >= 15 is 0 Å². The van der Waals surface area contributed by atoms with Crippen molar-refractivity contribution in [1.82, 2.24) is 4.90 Å². The summed E-state index contributed by atoms with van der Waals surface area (Å²) in [7, 11) is 0. The van der Waals surface area contributed by atoms with Gasteiger partial charge in [-0.15, -0.1) is 0 Å². The van der Waals surface area contributed by atoms with Gasteiger partial charge in [0.15, 0.2) is 0 Å². The van der Waals surface area contributed by atoms with E-state index in [0.29, 0.717) is 0 Å². The number of rotatable bonds is 5. The minimum absolute atomic E-state index is 0.00453. The van der Waals surface area contributed by atoms with Crippen LogP contribution in [0, 0.1) is 11.8 Å². The van der Waals surface area contributed by atoms with Gasteiger partial charge < -0.3 is 10.0 Å². The molecule has 1 aliphatic rings. The number of aliphatic hydroxyl groups is 1. The van der Waals surface area contributed by atoms with E-state index in [4.69, 9.17) is 0 Å². The number of carbonyl (C=O) groups excluding carboxylic acids is 1. The summed E-state index contributed by atoms with van der Waals surface area (Å²) in [6.45, 7) is 5.51. The Labute approximate surface area is 115 Å². The van der Waals surface area contributed by atoms with Crippen molar-refractivity contribution in [2.24, 2.45) is 11.8 Å². The van der Waals surface area contributed by atoms with Gasteiger partial charge in [0.1, 0.15) is 0 Å². The number of carbonyl (C=O) groups is 1. The van der Waals surface area contributed by atoms with Crippen molar-refractivity contribution >= 4 is 5.91 Å². The van der Waals surface area contributed by atoms with Crippen LogP contribution < -0.4 is 0 Å². The van der Waals surface area contributed by atoms with E-state index in [1.165, 1.54) is 0 Å². The number of nitrogens with zero attached hydrogens (tertiary/aromatic N) is 1. The molecule has 1 aromatic carbocycles. The van der Waals surface area contributed by atoms with Gasteiger partial charge in [-0.05, 0) is 32.3 Å². The van der Waals surface area contributed by atoms with Crippen molar-refractivity contribution < 1.29 is 9.90 Å². The molecule has 1 N–H and O–H groups in total. The molecule has 0 aliphatic heterocycles. The number of hydrogen-bond acceptors (Lipinski definition) is 2. The first-order valence-electron chi connectivity index (χ1n) is 7.20. The van der Waals surface area contributed by atoms with Gasteiger partial charge in [-0.1, -0.05) is 30.3 Å². The molecule has 19 heavy (non-hydrogen) atoms. The molecule has 104 valence electrons. The van der Waals surface area contributed by atoms with Gasteiger partial charge in [0.05, 0.1) is 6.10 Å². The van der Waals surface area contributed by atoms with Crippen LogP contribution in [0.1, 0.15) is 38.4 Å². The zero-order chi connectivity index (χ0) is 13.8. The van der Waals surface area contributed by atoms with E-state index in [0.717, 1.165) is 31.5 Å². The molecule has 1 aromatic rings. The van der Waals surface area contributed by atoms with E-state index < -0.39 is 6.10 Å². The Kier molecular flexibility index (Phi) is 4.59. The molecule has 0 saturated heterocycles. The van der Waals surface area contributed by atoms with Gasteiger partial charge in [-0.25, -0.2) is 0 Å². The molecule has 1 fully saturated rings. The Morgan fingerprint density at radius 3 is 2.37 bits per heavy atom. The van der Waals surface area contributed by atoms with Gasteiger partial charge in [0, 0.05) is 24.9 Å². The zero-order valence-electron chi connectivity index (χ0n) is 11.7. The summed E-state index contributed by atoms with van der Waals surface area (Å²) in [5.41, 5.74) is 0.921. The second-order valence-corrected chi connectivity index (χ2v) is 5.21. The van der Waals surface area contributed by atoms with Gasteiger partial charge in [-0.2, -0.15) is 0 Å². The summed E-state index contributed by atoms with van der Waals surface area (Å²) in [5, 5.41) is 10.4. The van der Waals surface area contributed by atoms with Gasteiger partial charge in [0.25, 0.3) is 0 Å². The second-order valence-electron chi connectivity index (χ2n) is 5.21. The fourth-order valence-corrected chi connectivity index (χ4v) is 2.88. The molecule has 1 aliphatic carbocycles. The van der Waals surface area contributed by atoms with Crippen LogP contribution in [0.25, 0.3) is 0 Å². The summed E-state index contributed by atoms with van der Waals surface area (Å²) in [5.74, 6) is 0.279. The maximum atomic E-state index is 12.3. The Balaban J connectivity index is 2.04. The Hall–Kier alpha value is -1.35. The van der Waals surface area contributed by atoms with Crippen molar-refractivity contribution in [3.05, 3.63) is 35.9 Å². The van der Waals surface area contributed by atoms with E-state index in [2.05, 4.69) is 0 Å². The average Bonchev–Trinajstić information content (AvgIpc) is 2.40. The van der Waals surface area contributed by atoms with Crippen LogP contribution in [0.2, 0.25) is 0 Å². The Morgan fingerprint density at radius 2 is 1.89 bits per heavy atom. The molecule has 0 bridgehead atoms. The maximum absolute atomic E-state index is 12.3. The molecular formula is C16H23NO2. The van der Waals surface area contributed by atoms with Crippen molar-refractivity contribution in [2.45, 2.75) is 32.8 Å². The molecule has 0 radical (unpaired) electrons. The van der Waals surface area contributed by atoms with Gasteiger partial charge >= 0.3 is 0 Å². The van der Waals surface area contributed by atoms with Crippen molar-refractivity contribution in [3.63, 3.8) is 0 Å². The molecule has 1 amide bonds. The fourth-order valence-electron chi connectivity index (χ4n) is 2.88. The second kappa shape index (κ2) is 6.20. The smallest absolute Gasteiger partial charge is 0.226 e. The molecule has 0 aromatic heterocycles. The zero-order valence-corrected chi connectivity index (χ0v) is 11.7. The van der Waals surface area contributed by atoms with Crippen LogP contribution in [0.5, 0.6) is 0 Å². The topological polar surface area (TPSA) is 40.5 Å². The van der Waals surface area contributed by atoms with Crippen LogP contribution in [0.15, 0.2) is 30.3 Å². The summed E-state index contributed by atoms with van der Waals surface area (Å²) in [4.78, 5) is 14.2. The normalized spacial score (nSPS) is 23.5. The maximum Gasteiger partial charge on any atom is 0.226 e. The number of benzene rings is 1. The minimum atomic E-state index is -0.514. The van der Waals surface area contributed by atoms with Gasteiger partial charge in [-0.3, -0.25) is 4.79 Å². The quantitative estimate of drug-likeness (QED) is 0.885. The number of aliphatic hydroxyl groups excluding tert-OH is 1. The molecule has 3 heteroatoms. The molecule has 3 unspecified atom stereocenters. The van der Waals surface area contributed by atoms with Crippen LogP contribution in [0.3, 0.4) is 0 Å². The number of hydrogen-bond donors (Lipinski definition) is 1. The molecule has 2 rings (SSSR count). The third-order valence-electron chi connectivity index (χ3n) is 4.27. The Bertz CT molecular complexity index is 414. The highest BCUT2D eigenvalue weighted by molar-refractivity contribution is 5.80. The lowest BCUT2D eigenvalue weighted by molar-refractivity contribution is -0.144. The van der Waals surface area contributed by atoms with Crippen LogP contribution in [0.4, 0.5) is 0 Å². The molecule has 3 nitrogen and oxygen atoms in total. The van der Waals surface area contributed by atoms with Crippen LogP contribution in [-0.2, 0) is 4.79 Å². The summed E-state index contributed by atoms with van der Waals surface area (Å²) >= 11 is 0. The highest BCUT2D eigenvalue weighted by atomic mass is 16.3. The van der Waals surface area contributed by atoms with Crippen LogP contribution in [-0.4, -0.2) is 29.0 Å². The molecular weight excluding hydrogens is 238 g/mol. The first kappa shape index (κ1) is 14.1. The Morgan fingerprint density at radius 1 is 1.26 bits per heavy atom. The minimum Gasteiger partial charge on any atom is -0.388 e. The fraction of sp³-hybridized carbons (Fsp3) is 0.562. The molecule has 0 spiro atoms. The van der Waals surface area contributed by atoms with Crippen molar-refractivity contribution in [3.8, 4) is 0 Å². The monoisotopic (exact) mass is 261 g/mol. The predicted molar refractivity (Wildman–Crippen MR) is 75.5 cm³/mol. The highest BCUT2D eigenvalue weighted by Gasteiger charge is 2.42. The standard InChI is InChI=1S/C16H23NO2/c1-3-17(4-2)16(19)14-11-10-13(14)15(18)12-8-6-5-7-9-12/h5-9,13-15,18H,3-4,10-11H2,1-2H3. The lowest BCUT2D eigenvalue weighted by Gasteiger charge is -2.41. The summed E-state index contributed by atoms with van der Waals surface area (Å²) in [6.07, 6.45) is 1.33. The van der Waals surface area contributed by atoms with E-state index in [9.17, 15) is 9.90 Å². The van der Waals surface area contributed by atoms with Crippen LogP contribution >= 0.6 is 0 Å². The first-order valence-corrected chi connectivity index (χ1v) is 7.20. The first-order chi connectivity index (χ1) is 9.19. The summed E-state index contributed by atoms with van der Waals surface area (Å²) < 4.78 is 0. The van der Waals surface area contributed by atoms with Crippen molar-refractivity contribution in [1.29, 1.82) is 0 Å². The largest absolute Gasteiger partial charge is 0.388 e.